The highest BCUT2D eigenvalue weighted by Gasteiger charge is 2.20. The first-order chi connectivity index (χ1) is 15.7. The molecule has 0 aliphatic carbocycles. The zero-order chi connectivity index (χ0) is 21.9. The summed E-state index contributed by atoms with van der Waals surface area (Å²) in [4.78, 5) is 21.7. The Morgan fingerprint density at radius 2 is 1.72 bits per heavy atom. The van der Waals surface area contributed by atoms with Crippen LogP contribution in [-0.4, -0.2) is 25.7 Å². The quantitative estimate of drug-likeness (QED) is 0.394. The normalized spacial score (nSPS) is 10.8. The first kappa shape index (κ1) is 19.8. The van der Waals surface area contributed by atoms with E-state index in [2.05, 4.69) is 20.4 Å². The van der Waals surface area contributed by atoms with Gasteiger partial charge in [-0.05, 0) is 18.2 Å². The fourth-order valence-electron chi connectivity index (χ4n) is 3.22. The minimum atomic E-state index is -0.394. The van der Waals surface area contributed by atoms with Gasteiger partial charge in [0.25, 0.3) is 5.91 Å². The third kappa shape index (κ3) is 4.03. The van der Waals surface area contributed by atoms with Gasteiger partial charge in [0.05, 0.1) is 16.9 Å². The van der Waals surface area contributed by atoms with Crippen molar-refractivity contribution in [3.8, 4) is 28.3 Å². The van der Waals surface area contributed by atoms with E-state index in [-0.39, 0.29) is 5.91 Å². The monoisotopic (exact) mass is 441 g/mol. The highest BCUT2D eigenvalue weighted by Crippen LogP contribution is 2.27. The molecule has 1 amide bonds. The van der Waals surface area contributed by atoms with Gasteiger partial charge in [0, 0.05) is 29.4 Å². The summed E-state index contributed by atoms with van der Waals surface area (Å²) in [5.74, 6) is -0.728. The molecule has 0 aliphatic rings. The van der Waals surface area contributed by atoms with E-state index in [9.17, 15) is 9.18 Å². The smallest absolute Gasteiger partial charge is 0.261 e. The zero-order valence-corrected chi connectivity index (χ0v) is 17.5. The molecule has 6 nitrogen and oxygen atoms in total. The van der Waals surface area contributed by atoms with Crippen molar-refractivity contribution in [1.29, 1.82) is 0 Å². The van der Waals surface area contributed by atoms with Gasteiger partial charge in [0.15, 0.2) is 5.13 Å². The molecule has 0 spiro atoms. The average molecular weight is 441 g/mol. The molecule has 5 aromatic rings. The Morgan fingerprint density at radius 1 is 0.969 bits per heavy atom. The van der Waals surface area contributed by atoms with Gasteiger partial charge in [-0.3, -0.25) is 15.1 Å². The number of hydrogen-bond donors (Lipinski definition) is 1. The third-order valence-electron chi connectivity index (χ3n) is 4.74. The molecule has 2 aromatic carbocycles. The van der Waals surface area contributed by atoms with Crippen LogP contribution in [0.5, 0.6) is 0 Å². The maximum absolute atomic E-state index is 13.5. The standard InChI is InChI=1S/C24H16FN5OS/c25-17-11-12-26-20(13-17)21-15-32-24(27-21)28-23(31)19-14-30(18-9-5-2-6-10-18)29-22(19)16-7-3-1-4-8-16/h1-15H,(H,27,28,31). The van der Waals surface area contributed by atoms with Gasteiger partial charge in [0.2, 0.25) is 0 Å². The molecule has 0 bridgehead atoms. The maximum Gasteiger partial charge on any atom is 0.261 e. The van der Waals surface area contributed by atoms with Crippen molar-refractivity contribution in [2.45, 2.75) is 0 Å². The molecule has 5 rings (SSSR count). The summed E-state index contributed by atoms with van der Waals surface area (Å²) < 4.78 is 15.2. The summed E-state index contributed by atoms with van der Waals surface area (Å²) in [5, 5.41) is 9.61. The lowest BCUT2D eigenvalue weighted by Crippen LogP contribution is -2.12. The number of thiazole rings is 1. The predicted octanol–water partition coefficient (Wildman–Crippen LogP) is 5.45. The van der Waals surface area contributed by atoms with E-state index in [0.29, 0.717) is 27.8 Å². The molecule has 1 N–H and O–H groups in total. The Hall–Kier alpha value is -4.17. The molecule has 32 heavy (non-hydrogen) atoms. The fourth-order valence-corrected chi connectivity index (χ4v) is 3.92. The number of rotatable bonds is 5. The highest BCUT2D eigenvalue weighted by atomic mass is 32.1. The van der Waals surface area contributed by atoms with E-state index < -0.39 is 5.82 Å². The molecule has 0 saturated heterocycles. The van der Waals surface area contributed by atoms with Crippen LogP contribution in [0.3, 0.4) is 0 Å². The summed E-state index contributed by atoms with van der Waals surface area (Å²) >= 11 is 1.25. The van der Waals surface area contributed by atoms with Crippen molar-refractivity contribution in [3.05, 3.63) is 102 Å². The van der Waals surface area contributed by atoms with Gasteiger partial charge in [-0.1, -0.05) is 48.5 Å². The molecular weight excluding hydrogens is 425 g/mol. The zero-order valence-electron chi connectivity index (χ0n) is 16.6. The van der Waals surface area contributed by atoms with Crippen molar-refractivity contribution < 1.29 is 9.18 Å². The number of hydrogen-bond acceptors (Lipinski definition) is 5. The van der Waals surface area contributed by atoms with Crippen LogP contribution in [0.4, 0.5) is 9.52 Å². The van der Waals surface area contributed by atoms with E-state index in [1.54, 1.807) is 16.3 Å². The first-order valence-corrected chi connectivity index (χ1v) is 10.6. The van der Waals surface area contributed by atoms with Crippen LogP contribution in [-0.2, 0) is 0 Å². The van der Waals surface area contributed by atoms with Gasteiger partial charge in [-0.2, -0.15) is 5.10 Å². The molecular formula is C24H16FN5OS. The molecule has 0 fully saturated rings. The van der Waals surface area contributed by atoms with E-state index >= 15 is 0 Å². The molecule has 3 aromatic heterocycles. The van der Waals surface area contributed by atoms with Gasteiger partial charge in [-0.15, -0.1) is 11.3 Å². The number of nitrogens with zero attached hydrogens (tertiary/aromatic N) is 4. The maximum atomic E-state index is 13.5. The molecule has 0 unspecified atom stereocenters. The molecule has 156 valence electrons. The second-order valence-electron chi connectivity index (χ2n) is 6.89. The summed E-state index contributed by atoms with van der Waals surface area (Å²) in [6.07, 6.45) is 3.09. The van der Waals surface area contributed by atoms with Crippen LogP contribution in [0.2, 0.25) is 0 Å². The highest BCUT2D eigenvalue weighted by molar-refractivity contribution is 7.14. The predicted molar refractivity (Wildman–Crippen MR) is 122 cm³/mol. The number of anilines is 1. The lowest BCUT2D eigenvalue weighted by molar-refractivity contribution is 0.102. The van der Waals surface area contributed by atoms with Gasteiger partial charge < -0.3 is 0 Å². The Morgan fingerprint density at radius 3 is 2.47 bits per heavy atom. The topological polar surface area (TPSA) is 72.7 Å². The number of aromatic nitrogens is 4. The lowest BCUT2D eigenvalue weighted by Gasteiger charge is -2.02. The molecule has 0 atom stereocenters. The van der Waals surface area contributed by atoms with Crippen LogP contribution in [0.15, 0.2) is 90.6 Å². The number of nitrogens with one attached hydrogen (secondary N) is 1. The molecule has 0 radical (unpaired) electrons. The number of amides is 1. The number of carbonyl (C=O) groups is 1. The van der Waals surface area contributed by atoms with E-state index in [4.69, 9.17) is 0 Å². The van der Waals surface area contributed by atoms with Crippen LogP contribution >= 0.6 is 11.3 Å². The minimum Gasteiger partial charge on any atom is -0.298 e. The van der Waals surface area contributed by atoms with Gasteiger partial charge in [-0.25, -0.2) is 14.1 Å². The van der Waals surface area contributed by atoms with Gasteiger partial charge in [0.1, 0.15) is 17.2 Å². The summed E-state index contributed by atoms with van der Waals surface area (Å²) in [7, 11) is 0. The van der Waals surface area contributed by atoms with Crippen molar-refractivity contribution in [3.63, 3.8) is 0 Å². The van der Waals surface area contributed by atoms with Crippen LogP contribution in [0.1, 0.15) is 10.4 Å². The van der Waals surface area contributed by atoms with E-state index in [1.807, 2.05) is 60.7 Å². The Bertz CT molecular complexity index is 1380. The summed E-state index contributed by atoms with van der Waals surface area (Å²) in [5.41, 5.74) is 3.56. The average Bonchev–Trinajstić information content (AvgIpc) is 3.48. The summed E-state index contributed by atoms with van der Waals surface area (Å²) in [6.45, 7) is 0. The van der Waals surface area contributed by atoms with Crippen molar-refractivity contribution in [2.75, 3.05) is 5.32 Å². The fraction of sp³-hybridized carbons (Fsp3) is 0. The largest absolute Gasteiger partial charge is 0.298 e. The lowest BCUT2D eigenvalue weighted by atomic mass is 10.1. The van der Waals surface area contributed by atoms with Crippen molar-refractivity contribution in [1.82, 2.24) is 19.7 Å². The second-order valence-corrected chi connectivity index (χ2v) is 7.75. The molecule has 3 heterocycles. The number of para-hydroxylation sites is 1. The Labute approximate surface area is 187 Å². The SMILES string of the molecule is O=C(Nc1nc(-c2cc(F)ccn2)cs1)c1cn(-c2ccccc2)nc1-c1ccccc1. The number of halogens is 1. The molecule has 0 saturated carbocycles. The molecule has 0 aliphatic heterocycles. The second kappa shape index (κ2) is 8.52. The van der Waals surface area contributed by atoms with Crippen molar-refractivity contribution in [2.24, 2.45) is 0 Å². The third-order valence-corrected chi connectivity index (χ3v) is 5.49. The number of pyridine rings is 1. The Balaban J connectivity index is 1.47. The van der Waals surface area contributed by atoms with Gasteiger partial charge >= 0.3 is 0 Å². The molecule has 8 heteroatoms. The van der Waals surface area contributed by atoms with Crippen molar-refractivity contribution >= 4 is 22.4 Å². The number of carbonyl (C=O) groups excluding carboxylic acids is 1. The van der Waals surface area contributed by atoms with Crippen LogP contribution in [0, 0.1) is 5.82 Å². The van der Waals surface area contributed by atoms with E-state index in [1.165, 1.54) is 29.7 Å². The Kier molecular flexibility index (Phi) is 5.27. The number of benzene rings is 2. The van der Waals surface area contributed by atoms with E-state index in [0.717, 1.165) is 11.3 Å². The minimum absolute atomic E-state index is 0.334. The van der Waals surface area contributed by atoms with Crippen LogP contribution < -0.4 is 5.32 Å². The van der Waals surface area contributed by atoms with Crippen LogP contribution in [0.25, 0.3) is 28.3 Å². The summed E-state index contributed by atoms with van der Waals surface area (Å²) in [6, 6.07) is 21.7. The first-order valence-electron chi connectivity index (χ1n) is 9.77.